The number of aryl methyl sites for hydroxylation is 1. The van der Waals surface area contributed by atoms with Crippen molar-refractivity contribution in [1.29, 1.82) is 0 Å². The van der Waals surface area contributed by atoms with Crippen molar-refractivity contribution in [2.75, 3.05) is 0 Å². The highest BCUT2D eigenvalue weighted by molar-refractivity contribution is 5.16. The Bertz CT molecular complexity index is 308. The van der Waals surface area contributed by atoms with Crippen LogP contribution in [0.5, 0.6) is 0 Å². The summed E-state index contributed by atoms with van der Waals surface area (Å²) < 4.78 is 26.1. The highest BCUT2D eigenvalue weighted by Gasteiger charge is 2.22. The Kier molecular flexibility index (Phi) is 2.03. The Morgan fingerprint density at radius 2 is 2.38 bits per heavy atom. The third kappa shape index (κ3) is 1.44. The first-order valence-electron chi connectivity index (χ1n) is 4.30. The molecule has 1 aliphatic heterocycles. The monoisotopic (exact) mass is 187 g/mol. The lowest BCUT2D eigenvalue weighted by molar-refractivity contribution is 0.145. The van der Waals surface area contributed by atoms with Crippen LogP contribution in [0.2, 0.25) is 0 Å². The number of alkyl halides is 2. The molecule has 0 saturated carbocycles. The first-order chi connectivity index (χ1) is 6.18. The van der Waals surface area contributed by atoms with Gasteiger partial charge in [-0.2, -0.15) is 5.10 Å². The Hall–Kier alpha value is -0.970. The molecule has 1 atom stereocenters. The quantitative estimate of drug-likeness (QED) is 0.725. The van der Waals surface area contributed by atoms with Gasteiger partial charge in [-0.15, -0.1) is 0 Å². The van der Waals surface area contributed by atoms with Gasteiger partial charge in [0.25, 0.3) is 6.43 Å². The molecule has 5 heteroatoms. The van der Waals surface area contributed by atoms with Crippen molar-refractivity contribution in [3.8, 4) is 0 Å². The van der Waals surface area contributed by atoms with Gasteiger partial charge in [-0.1, -0.05) is 0 Å². The van der Waals surface area contributed by atoms with Crippen molar-refractivity contribution in [2.45, 2.75) is 31.9 Å². The molecule has 0 aromatic carbocycles. The summed E-state index contributed by atoms with van der Waals surface area (Å²) in [4.78, 5) is 0. The van der Waals surface area contributed by atoms with Gasteiger partial charge in [-0.3, -0.25) is 4.68 Å². The van der Waals surface area contributed by atoms with Crippen LogP contribution in [-0.2, 0) is 6.54 Å². The van der Waals surface area contributed by atoms with Gasteiger partial charge in [-0.05, 0) is 18.9 Å². The van der Waals surface area contributed by atoms with E-state index in [1.807, 2.05) is 0 Å². The van der Waals surface area contributed by atoms with Gasteiger partial charge in [-0.25, -0.2) is 8.78 Å². The first kappa shape index (κ1) is 8.62. The van der Waals surface area contributed by atoms with Crippen molar-refractivity contribution in [3.63, 3.8) is 0 Å². The molecule has 2 N–H and O–H groups in total. The van der Waals surface area contributed by atoms with Crippen molar-refractivity contribution in [2.24, 2.45) is 5.73 Å². The SMILES string of the molecule is NC1CCCn2nc(C(F)F)cc21. The minimum absolute atomic E-state index is 0.131. The summed E-state index contributed by atoms with van der Waals surface area (Å²) in [5, 5.41) is 3.79. The van der Waals surface area contributed by atoms with E-state index >= 15 is 0 Å². The third-order valence-corrected chi connectivity index (χ3v) is 2.32. The van der Waals surface area contributed by atoms with Crippen molar-refractivity contribution >= 4 is 0 Å². The molecule has 0 fully saturated rings. The fourth-order valence-electron chi connectivity index (χ4n) is 1.65. The summed E-state index contributed by atoms with van der Waals surface area (Å²) in [5.74, 6) is 0. The van der Waals surface area contributed by atoms with Crippen LogP contribution in [0.15, 0.2) is 6.07 Å². The van der Waals surface area contributed by atoms with Crippen molar-refractivity contribution in [3.05, 3.63) is 17.5 Å². The molecule has 0 radical (unpaired) electrons. The highest BCUT2D eigenvalue weighted by atomic mass is 19.3. The lowest BCUT2D eigenvalue weighted by atomic mass is 10.1. The van der Waals surface area contributed by atoms with Crippen LogP contribution in [0.1, 0.15) is 36.7 Å². The van der Waals surface area contributed by atoms with Gasteiger partial charge >= 0.3 is 0 Å². The fraction of sp³-hybridized carbons (Fsp3) is 0.625. The van der Waals surface area contributed by atoms with Crippen LogP contribution < -0.4 is 5.73 Å². The summed E-state index contributed by atoms with van der Waals surface area (Å²) in [5.41, 5.74) is 6.33. The summed E-state index contributed by atoms with van der Waals surface area (Å²) in [6, 6.07) is 1.28. The van der Waals surface area contributed by atoms with Crippen LogP contribution in [0.25, 0.3) is 0 Å². The molecule has 2 rings (SSSR count). The van der Waals surface area contributed by atoms with Gasteiger partial charge in [0, 0.05) is 12.6 Å². The lowest BCUT2D eigenvalue weighted by Gasteiger charge is -2.19. The number of halogens is 2. The second-order valence-electron chi connectivity index (χ2n) is 3.27. The van der Waals surface area contributed by atoms with E-state index in [0.29, 0.717) is 6.54 Å². The normalized spacial score (nSPS) is 22.0. The largest absolute Gasteiger partial charge is 0.323 e. The molecular weight excluding hydrogens is 176 g/mol. The highest BCUT2D eigenvalue weighted by Crippen LogP contribution is 2.26. The Morgan fingerprint density at radius 1 is 1.62 bits per heavy atom. The lowest BCUT2D eigenvalue weighted by Crippen LogP contribution is -2.21. The average Bonchev–Trinajstić information content (AvgIpc) is 2.49. The predicted molar refractivity (Wildman–Crippen MR) is 43.3 cm³/mol. The minimum atomic E-state index is -2.50. The molecule has 3 nitrogen and oxygen atoms in total. The van der Waals surface area contributed by atoms with Gasteiger partial charge in [0.1, 0.15) is 5.69 Å². The molecule has 0 saturated heterocycles. The summed E-state index contributed by atoms with van der Waals surface area (Å²) in [6.07, 6.45) is -0.724. The molecule has 1 unspecified atom stereocenters. The predicted octanol–water partition coefficient (Wildman–Crippen LogP) is 1.61. The van der Waals surface area contributed by atoms with Gasteiger partial charge in [0.05, 0.1) is 5.69 Å². The number of rotatable bonds is 1. The van der Waals surface area contributed by atoms with Crippen LogP contribution in [0.3, 0.4) is 0 Å². The third-order valence-electron chi connectivity index (χ3n) is 2.32. The molecule has 0 spiro atoms. The van der Waals surface area contributed by atoms with E-state index < -0.39 is 6.43 Å². The number of nitrogens with zero attached hydrogens (tertiary/aromatic N) is 2. The topological polar surface area (TPSA) is 43.8 Å². The first-order valence-corrected chi connectivity index (χ1v) is 4.30. The zero-order chi connectivity index (χ0) is 9.42. The average molecular weight is 187 g/mol. The van der Waals surface area contributed by atoms with Gasteiger partial charge in [0.15, 0.2) is 0 Å². The Balaban J connectivity index is 2.36. The van der Waals surface area contributed by atoms with E-state index in [2.05, 4.69) is 5.10 Å². The molecule has 2 heterocycles. The van der Waals surface area contributed by atoms with Crippen LogP contribution in [0, 0.1) is 0 Å². The zero-order valence-electron chi connectivity index (χ0n) is 7.08. The molecule has 72 valence electrons. The summed E-state index contributed by atoms with van der Waals surface area (Å²) in [6.45, 7) is 0.704. The van der Waals surface area contributed by atoms with Crippen molar-refractivity contribution in [1.82, 2.24) is 9.78 Å². The van der Waals surface area contributed by atoms with E-state index in [-0.39, 0.29) is 11.7 Å². The standard InChI is InChI=1S/C8H11F2N3/c9-8(10)6-4-7-5(11)2-1-3-13(7)12-6/h4-5,8H,1-3,11H2. The molecule has 1 aromatic rings. The molecule has 1 aromatic heterocycles. The second kappa shape index (κ2) is 3.06. The Morgan fingerprint density at radius 3 is 3.00 bits per heavy atom. The fourth-order valence-corrected chi connectivity index (χ4v) is 1.65. The Labute approximate surface area is 74.5 Å². The van der Waals surface area contributed by atoms with E-state index in [9.17, 15) is 8.78 Å². The van der Waals surface area contributed by atoms with E-state index in [0.717, 1.165) is 18.5 Å². The second-order valence-corrected chi connectivity index (χ2v) is 3.27. The van der Waals surface area contributed by atoms with Gasteiger partial charge < -0.3 is 5.73 Å². The number of fused-ring (bicyclic) bond motifs is 1. The number of hydrogen-bond donors (Lipinski definition) is 1. The maximum absolute atomic E-state index is 12.3. The zero-order valence-corrected chi connectivity index (χ0v) is 7.08. The summed E-state index contributed by atoms with van der Waals surface area (Å²) in [7, 11) is 0. The summed E-state index contributed by atoms with van der Waals surface area (Å²) >= 11 is 0. The minimum Gasteiger partial charge on any atom is -0.323 e. The van der Waals surface area contributed by atoms with E-state index in [1.165, 1.54) is 6.07 Å². The molecule has 0 aliphatic carbocycles. The maximum Gasteiger partial charge on any atom is 0.282 e. The molecule has 0 amide bonds. The number of aromatic nitrogens is 2. The van der Waals surface area contributed by atoms with E-state index in [4.69, 9.17) is 5.73 Å². The number of hydrogen-bond acceptors (Lipinski definition) is 2. The maximum atomic E-state index is 12.3. The van der Waals surface area contributed by atoms with Crippen LogP contribution in [-0.4, -0.2) is 9.78 Å². The molecule has 0 bridgehead atoms. The van der Waals surface area contributed by atoms with Crippen LogP contribution >= 0.6 is 0 Å². The van der Waals surface area contributed by atoms with E-state index in [1.54, 1.807) is 4.68 Å². The van der Waals surface area contributed by atoms with Gasteiger partial charge in [0.2, 0.25) is 0 Å². The number of nitrogens with two attached hydrogens (primary N) is 1. The molecular formula is C8H11F2N3. The smallest absolute Gasteiger partial charge is 0.282 e. The molecule has 1 aliphatic rings. The van der Waals surface area contributed by atoms with Crippen molar-refractivity contribution < 1.29 is 8.78 Å². The van der Waals surface area contributed by atoms with Crippen LogP contribution in [0.4, 0.5) is 8.78 Å². The molecule has 13 heavy (non-hydrogen) atoms.